The molecule has 0 saturated heterocycles. The molecule has 4 heteroatoms. The molecule has 0 radical (unpaired) electrons. The Morgan fingerprint density at radius 2 is 1.11 bits per heavy atom. The van der Waals surface area contributed by atoms with E-state index in [1.165, 1.54) is 0 Å². The summed E-state index contributed by atoms with van der Waals surface area (Å²) in [5, 5.41) is 0. The predicted molar refractivity (Wildman–Crippen MR) is 110 cm³/mol. The van der Waals surface area contributed by atoms with Crippen LogP contribution in [0.5, 0.6) is 0 Å². The van der Waals surface area contributed by atoms with Crippen LogP contribution in [0.1, 0.15) is 16.7 Å². The Bertz CT molecular complexity index is 1100. The van der Waals surface area contributed by atoms with Crippen LogP contribution in [-0.4, -0.2) is 19.5 Å². The third-order valence-electron chi connectivity index (χ3n) is 5.15. The summed E-state index contributed by atoms with van der Waals surface area (Å²) in [7, 11) is 0. The second-order valence-electron chi connectivity index (χ2n) is 6.65. The molecule has 0 aliphatic heterocycles. The van der Waals surface area contributed by atoms with Crippen LogP contribution in [0.3, 0.4) is 0 Å². The van der Waals surface area contributed by atoms with Crippen molar-refractivity contribution in [3.63, 3.8) is 0 Å². The summed E-state index contributed by atoms with van der Waals surface area (Å²) >= 11 is 0. The average molecular weight is 362 g/mol. The van der Waals surface area contributed by atoms with Crippen LogP contribution >= 0.6 is 0 Å². The van der Waals surface area contributed by atoms with Gasteiger partial charge in [0.25, 0.3) is 0 Å². The van der Waals surface area contributed by atoms with Crippen molar-refractivity contribution in [2.24, 2.45) is 0 Å². The molecule has 5 rings (SSSR count). The van der Waals surface area contributed by atoms with Gasteiger partial charge in [0, 0.05) is 0 Å². The summed E-state index contributed by atoms with van der Waals surface area (Å²) in [6, 6.07) is 31.5. The maximum absolute atomic E-state index is 4.60. The highest BCUT2D eigenvalue weighted by molar-refractivity contribution is 5.71. The molecule has 28 heavy (non-hydrogen) atoms. The van der Waals surface area contributed by atoms with E-state index in [-0.39, 0.29) is 0 Å². The quantitative estimate of drug-likeness (QED) is 0.437. The Labute approximate surface area is 163 Å². The summed E-state index contributed by atoms with van der Waals surface area (Å²) in [6.45, 7) is 0. The molecule has 134 valence electrons. The molecule has 0 N–H and O–H groups in total. The Kier molecular flexibility index (Phi) is 3.95. The second kappa shape index (κ2) is 6.74. The molecule has 2 heterocycles. The van der Waals surface area contributed by atoms with Gasteiger partial charge in [-0.2, -0.15) is 0 Å². The normalized spacial score (nSPS) is 11.6. The lowest BCUT2D eigenvalue weighted by atomic mass is 9.76. The van der Waals surface area contributed by atoms with E-state index >= 15 is 0 Å². The first-order chi connectivity index (χ1) is 13.9. The minimum Gasteiger partial charge on any atom is -0.296 e. The summed E-state index contributed by atoms with van der Waals surface area (Å²) in [4.78, 5) is 13.3. The summed E-state index contributed by atoms with van der Waals surface area (Å²) in [5.74, 6) is 0. The molecule has 4 nitrogen and oxygen atoms in total. The minimum atomic E-state index is -0.604. The highest BCUT2D eigenvalue weighted by Crippen LogP contribution is 2.41. The van der Waals surface area contributed by atoms with E-state index in [1.54, 1.807) is 12.5 Å². The van der Waals surface area contributed by atoms with Crippen molar-refractivity contribution in [2.75, 3.05) is 0 Å². The van der Waals surface area contributed by atoms with Gasteiger partial charge < -0.3 is 0 Å². The molecule has 2 aromatic heterocycles. The van der Waals surface area contributed by atoms with Gasteiger partial charge in [-0.05, 0) is 16.7 Å². The predicted octanol–water partition coefficient (Wildman–Crippen LogP) is 4.67. The minimum absolute atomic E-state index is 0.604. The monoisotopic (exact) mass is 362 g/mol. The highest BCUT2D eigenvalue weighted by Gasteiger charge is 2.39. The summed E-state index contributed by atoms with van der Waals surface area (Å²) < 4.78 is 2.16. The molecule has 0 aliphatic rings. The maximum atomic E-state index is 4.60. The molecule has 0 fully saturated rings. The van der Waals surface area contributed by atoms with Crippen LogP contribution < -0.4 is 0 Å². The SMILES string of the molecule is c1ccc(C(c2ccccc2)(c2ccccc2)n2cnc3cncnc32)cc1. The lowest BCUT2D eigenvalue weighted by Gasteiger charge is -2.37. The first-order valence-corrected chi connectivity index (χ1v) is 9.21. The second-order valence-corrected chi connectivity index (χ2v) is 6.65. The Morgan fingerprint density at radius 3 is 1.61 bits per heavy atom. The average Bonchev–Trinajstić information content (AvgIpc) is 3.21. The first kappa shape index (κ1) is 16.4. The molecule has 0 aliphatic carbocycles. The number of aromatic nitrogens is 4. The van der Waals surface area contributed by atoms with Gasteiger partial charge >= 0.3 is 0 Å². The largest absolute Gasteiger partial charge is 0.296 e. The Hall–Kier alpha value is -3.79. The molecule has 0 bridgehead atoms. The molecular formula is C24H18N4. The number of fused-ring (bicyclic) bond motifs is 1. The molecule has 0 spiro atoms. The number of nitrogens with zero attached hydrogens (tertiary/aromatic N) is 4. The van der Waals surface area contributed by atoms with Crippen molar-refractivity contribution in [1.29, 1.82) is 0 Å². The number of hydrogen-bond acceptors (Lipinski definition) is 3. The Balaban J connectivity index is 1.96. The van der Waals surface area contributed by atoms with Crippen LogP contribution in [0.15, 0.2) is 110 Å². The lowest BCUT2D eigenvalue weighted by molar-refractivity contribution is 0.526. The van der Waals surface area contributed by atoms with E-state index in [0.717, 1.165) is 27.9 Å². The number of imidazole rings is 1. The van der Waals surface area contributed by atoms with Gasteiger partial charge in [0.15, 0.2) is 5.65 Å². The third kappa shape index (κ3) is 2.42. The third-order valence-corrected chi connectivity index (χ3v) is 5.15. The fraction of sp³-hybridized carbons (Fsp3) is 0.0417. The van der Waals surface area contributed by atoms with E-state index in [0.29, 0.717) is 0 Å². The molecule has 0 unspecified atom stereocenters. The van der Waals surface area contributed by atoms with Gasteiger partial charge in [-0.1, -0.05) is 91.0 Å². The molecule has 0 atom stereocenters. The molecule has 0 saturated carbocycles. The van der Waals surface area contributed by atoms with E-state index in [9.17, 15) is 0 Å². The molecule has 5 aromatic rings. The molecule has 3 aromatic carbocycles. The fourth-order valence-electron chi connectivity index (χ4n) is 3.97. The van der Waals surface area contributed by atoms with Crippen molar-refractivity contribution >= 4 is 11.2 Å². The first-order valence-electron chi connectivity index (χ1n) is 9.21. The van der Waals surface area contributed by atoms with Crippen LogP contribution in [0.2, 0.25) is 0 Å². The van der Waals surface area contributed by atoms with E-state index in [2.05, 4.69) is 92.3 Å². The summed E-state index contributed by atoms with van der Waals surface area (Å²) in [5.41, 5.74) is 4.40. The standard InChI is InChI=1S/C24H18N4/c1-4-10-19(11-5-1)24(20-12-6-2-7-13-20,21-14-8-3-9-15-21)28-18-27-22-16-25-17-26-23(22)28/h1-18H. The topological polar surface area (TPSA) is 43.6 Å². The van der Waals surface area contributed by atoms with Crippen LogP contribution in [-0.2, 0) is 5.54 Å². The number of rotatable bonds is 4. The van der Waals surface area contributed by atoms with E-state index in [1.807, 2.05) is 24.5 Å². The smallest absolute Gasteiger partial charge is 0.164 e. The molecular weight excluding hydrogens is 344 g/mol. The fourth-order valence-corrected chi connectivity index (χ4v) is 3.97. The van der Waals surface area contributed by atoms with E-state index < -0.39 is 5.54 Å². The lowest BCUT2D eigenvalue weighted by Crippen LogP contribution is -2.37. The molecule has 0 amide bonds. The van der Waals surface area contributed by atoms with Crippen LogP contribution in [0, 0.1) is 0 Å². The van der Waals surface area contributed by atoms with Crippen molar-refractivity contribution in [3.8, 4) is 0 Å². The zero-order chi connectivity index (χ0) is 18.8. The zero-order valence-corrected chi connectivity index (χ0v) is 15.2. The van der Waals surface area contributed by atoms with Crippen molar-refractivity contribution in [1.82, 2.24) is 19.5 Å². The summed E-state index contributed by atoms with van der Waals surface area (Å²) in [6.07, 6.45) is 5.20. The van der Waals surface area contributed by atoms with Crippen LogP contribution in [0.4, 0.5) is 0 Å². The van der Waals surface area contributed by atoms with E-state index in [4.69, 9.17) is 0 Å². The number of hydrogen-bond donors (Lipinski definition) is 0. The van der Waals surface area contributed by atoms with Crippen molar-refractivity contribution < 1.29 is 0 Å². The van der Waals surface area contributed by atoms with Gasteiger partial charge in [-0.3, -0.25) is 4.57 Å². The maximum Gasteiger partial charge on any atom is 0.164 e. The van der Waals surface area contributed by atoms with Gasteiger partial charge in [-0.25, -0.2) is 15.0 Å². The zero-order valence-electron chi connectivity index (χ0n) is 15.2. The Morgan fingerprint density at radius 1 is 0.607 bits per heavy atom. The van der Waals surface area contributed by atoms with Gasteiger partial charge in [0.1, 0.15) is 17.4 Å². The number of benzene rings is 3. The van der Waals surface area contributed by atoms with Crippen LogP contribution in [0.25, 0.3) is 11.2 Å². The highest BCUT2D eigenvalue weighted by atomic mass is 15.2. The van der Waals surface area contributed by atoms with Gasteiger partial charge in [-0.15, -0.1) is 0 Å². The van der Waals surface area contributed by atoms with Crippen molar-refractivity contribution in [3.05, 3.63) is 127 Å². The van der Waals surface area contributed by atoms with Gasteiger partial charge in [0.2, 0.25) is 0 Å². The van der Waals surface area contributed by atoms with Gasteiger partial charge in [0.05, 0.1) is 12.5 Å². The van der Waals surface area contributed by atoms with Crippen molar-refractivity contribution in [2.45, 2.75) is 5.54 Å².